The second-order valence-corrected chi connectivity index (χ2v) is 7.03. The number of carbonyl (C=O) groups excluding carboxylic acids is 2. The highest BCUT2D eigenvalue weighted by Gasteiger charge is 2.11. The van der Waals surface area contributed by atoms with E-state index in [0.717, 1.165) is 5.69 Å². The van der Waals surface area contributed by atoms with Crippen LogP contribution in [0.4, 0.5) is 21.2 Å². The van der Waals surface area contributed by atoms with Crippen LogP contribution in [0.1, 0.15) is 9.67 Å². The van der Waals surface area contributed by atoms with Crippen LogP contribution in [0.5, 0.6) is 0 Å². The quantitative estimate of drug-likeness (QED) is 0.463. The van der Waals surface area contributed by atoms with Gasteiger partial charge in [0.05, 0.1) is 15.6 Å². The predicted octanol–water partition coefficient (Wildman–Crippen LogP) is 4.23. The lowest BCUT2D eigenvalue weighted by Gasteiger charge is -2.06. The first-order chi connectivity index (χ1) is 14.2. The number of aromatic nitrogens is 3. The molecular weight excluding hydrogens is 388 g/mol. The number of rotatable bonds is 5. The monoisotopic (exact) mass is 404 g/mol. The van der Waals surface area contributed by atoms with E-state index in [-0.39, 0.29) is 11.9 Å². The highest BCUT2D eigenvalue weighted by atomic mass is 32.1. The van der Waals surface area contributed by atoms with E-state index in [9.17, 15) is 9.59 Å². The van der Waals surface area contributed by atoms with Gasteiger partial charge in [-0.2, -0.15) is 5.10 Å². The molecule has 4 aromatic rings. The average Bonchev–Trinajstić information content (AvgIpc) is 3.41. The van der Waals surface area contributed by atoms with Gasteiger partial charge in [-0.05, 0) is 48.5 Å². The molecule has 8 nitrogen and oxygen atoms in total. The molecule has 2 aromatic heterocycles. The van der Waals surface area contributed by atoms with Gasteiger partial charge in [0.2, 0.25) is 0 Å². The molecule has 0 fully saturated rings. The Morgan fingerprint density at radius 2 is 1.59 bits per heavy atom. The summed E-state index contributed by atoms with van der Waals surface area (Å²) in [7, 11) is 0. The molecule has 0 aliphatic heterocycles. The Balaban J connectivity index is 1.35. The van der Waals surface area contributed by atoms with Crippen LogP contribution in [0.15, 0.2) is 79.4 Å². The lowest BCUT2D eigenvalue weighted by molar-refractivity contribution is 0.103. The van der Waals surface area contributed by atoms with Gasteiger partial charge in [-0.3, -0.25) is 10.1 Å². The molecule has 3 N–H and O–H groups in total. The number of carbonyl (C=O) groups is 2. The zero-order valence-electron chi connectivity index (χ0n) is 15.1. The number of nitrogens with one attached hydrogen (secondary N) is 3. The summed E-state index contributed by atoms with van der Waals surface area (Å²) in [5, 5.41) is 12.9. The van der Waals surface area contributed by atoms with Gasteiger partial charge >= 0.3 is 6.03 Å². The van der Waals surface area contributed by atoms with E-state index in [0.29, 0.717) is 21.3 Å². The zero-order valence-corrected chi connectivity index (χ0v) is 15.9. The summed E-state index contributed by atoms with van der Waals surface area (Å²) >= 11 is 1.19. The minimum Gasteiger partial charge on any atom is -0.321 e. The number of thiophene rings is 1. The van der Waals surface area contributed by atoms with Crippen LogP contribution in [0.25, 0.3) is 5.69 Å². The maximum absolute atomic E-state index is 12.5. The van der Waals surface area contributed by atoms with Gasteiger partial charge in [-0.25, -0.2) is 14.5 Å². The van der Waals surface area contributed by atoms with Crippen molar-refractivity contribution in [3.63, 3.8) is 0 Å². The topological polar surface area (TPSA) is 101 Å². The van der Waals surface area contributed by atoms with Gasteiger partial charge in [-0.1, -0.05) is 18.2 Å². The molecule has 9 heteroatoms. The van der Waals surface area contributed by atoms with Crippen LogP contribution in [0, 0.1) is 0 Å². The van der Waals surface area contributed by atoms with Crippen LogP contribution in [0.2, 0.25) is 0 Å². The molecule has 3 amide bonds. The number of nitrogens with zero attached hydrogens (tertiary/aromatic N) is 3. The van der Waals surface area contributed by atoms with Crippen LogP contribution >= 0.6 is 11.3 Å². The second-order valence-electron chi connectivity index (χ2n) is 5.95. The smallest absolute Gasteiger partial charge is 0.321 e. The highest BCUT2D eigenvalue weighted by Crippen LogP contribution is 2.23. The van der Waals surface area contributed by atoms with Crippen molar-refractivity contribution in [1.82, 2.24) is 14.8 Å². The summed E-state index contributed by atoms with van der Waals surface area (Å²) in [6, 6.07) is 19.4. The van der Waals surface area contributed by atoms with Crippen LogP contribution in [-0.4, -0.2) is 26.7 Å². The first-order valence-electron chi connectivity index (χ1n) is 8.67. The third-order valence-corrected chi connectivity index (χ3v) is 4.91. The largest absolute Gasteiger partial charge is 0.324 e. The molecule has 0 saturated heterocycles. The van der Waals surface area contributed by atoms with Gasteiger partial charge in [0.15, 0.2) is 0 Å². The first-order valence-corrected chi connectivity index (χ1v) is 9.48. The van der Waals surface area contributed by atoms with Crippen molar-refractivity contribution in [3.8, 4) is 5.69 Å². The lowest BCUT2D eigenvalue weighted by atomic mass is 10.2. The van der Waals surface area contributed by atoms with Gasteiger partial charge in [0, 0.05) is 11.4 Å². The molecule has 0 aliphatic carbocycles. The minimum atomic E-state index is -0.367. The summed E-state index contributed by atoms with van der Waals surface area (Å²) in [4.78, 5) is 28.9. The fourth-order valence-corrected chi connectivity index (χ4v) is 3.35. The van der Waals surface area contributed by atoms with Crippen molar-refractivity contribution in [1.29, 1.82) is 0 Å². The van der Waals surface area contributed by atoms with Crippen molar-refractivity contribution in [2.75, 3.05) is 16.0 Å². The van der Waals surface area contributed by atoms with E-state index >= 15 is 0 Å². The summed E-state index contributed by atoms with van der Waals surface area (Å²) < 4.78 is 1.63. The van der Waals surface area contributed by atoms with Crippen LogP contribution in [-0.2, 0) is 0 Å². The van der Waals surface area contributed by atoms with Gasteiger partial charge in [0.25, 0.3) is 5.91 Å². The van der Waals surface area contributed by atoms with Crippen molar-refractivity contribution in [2.45, 2.75) is 0 Å². The number of amides is 3. The van der Waals surface area contributed by atoms with Gasteiger partial charge in [0.1, 0.15) is 12.7 Å². The second kappa shape index (κ2) is 8.36. The number of urea groups is 1. The maximum Gasteiger partial charge on any atom is 0.324 e. The standard InChI is InChI=1S/C20H16N6O2S/c27-19(23-15-6-8-16(9-7-15)26-13-21-12-22-26)17-10-11-18(29-17)25-20(28)24-14-4-2-1-3-5-14/h1-13H,(H,23,27)(H2,24,25,28). The van der Waals surface area contributed by atoms with E-state index in [1.165, 1.54) is 17.7 Å². The number of anilines is 3. The number of benzene rings is 2. The Bertz CT molecular complexity index is 1110. The SMILES string of the molecule is O=C(Nc1ccccc1)Nc1ccc(C(=O)Nc2ccc(-n3cncn3)cc2)s1. The van der Waals surface area contributed by atoms with E-state index in [2.05, 4.69) is 26.0 Å². The molecule has 144 valence electrons. The van der Waals surface area contributed by atoms with E-state index in [4.69, 9.17) is 0 Å². The minimum absolute atomic E-state index is 0.250. The predicted molar refractivity (Wildman–Crippen MR) is 113 cm³/mol. The summed E-state index contributed by atoms with van der Waals surface area (Å²) in [6.45, 7) is 0. The molecule has 2 aromatic carbocycles. The molecule has 0 atom stereocenters. The number of hydrogen-bond donors (Lipinski definition) is 3. The normalized spacial score (nSPS) is 10.3. The molecule has 0 spiro atoms. The van der Waals surface area contributed by atoms with Crippen molar-refractivity contribution in [2.24, 2.45) is 0 Å². The molecule has 29 heavy (non-hydrogen) atoms. The molecular formula is C20H16N6O2S. The fourth-order valence-electron chi connectivity index (χ4n) is 2.55. The number of para-hydroxylation sites is 1. The molecule has 0 aliphatic rings. The lowest BCUT2D eigenvalue weighted by Crippen LogP contribution is -2.18. The van der Waals surface area contributed by atoms with E-state index < -0.39 is 0 Å². The van der Waals surface area contributed by atoms with Crippen molar-refractivity contribution < 1.29 is 9.59 Å². The Labute approximate surface area is 170 Å². The number of hydrogen-bond acceptors (Lipinski definition) is 5. The summed E-state index contributed by atoms with van der Waals surface area (Å²) in [5.41, 5.74) is 2.19. The van der Waals surface area contributed by atoms with Gasteiger partial charge in [-0.15, -0.1) is 11.3 Å². The third kappa shape index (κ3) is 4.66. The Hall–Kier alpha value is -3.98. The highest BCUT2D eigenvalue weighted by molar-refractivity contribution is 7.18. The third-order valence-electron chi connectivity index (χ3n) is 3.91. The first kappa shape index (κ1) is 18.4. The molecule has 0 unspecified atom stereocenters. The average molecular weight is 404 g/mol. The van der Waals surface area contributed by atoms with Gasteiger partial charge < -0.3 is 10.6 Å². The fraction of sp³-hybridized carbons (Fsp3) is 0. The maximum atomic E-state index is 12.5. The molecule has 0 bridgehead atoms. The van der Waals surface area contributed by atoms with Crippen LogP contribution in [0.3, 0.4) is 0 Å². The molecule has 2 heterocycles. The Morgan fingerprint density at radius 3 is 2.31 bits per heavy atom. The summed E-state index contributed by atoms with van der Waals surface area (Å²) in [6.07, 6.45) is 3.06. The summed E-state index contributed by atoms with van der Waals surface area (Å²) in [5.74, 6) is -0.250. The van der Waals surface area contributed by atoms with E-state index in [1.54, 1.807) is 47.4 Å². The van der Waals surface area contributed by atoms with Crippen molar-refractivity contribution in [3.05, 3.63) is 84.3 Å². The Morgan fingerprint density at radius 1 is 0.828 bits per heavy atom. The molecule has 0 radical (unpaired) electrons. The van der Waals surface area contributed by atoms with Crippen molar-refractivity contribution >= 4 is 39.7 Å². The Kier molecular flexibility index (Phi) is 5.30. The molecule has 4 rings (SSSR count). The zero-order chi connectivity index (χ0) is 20.1. The van der Waals surface area contributed by atoms with E-state index in [1.807, 2.05) is 30.3 Å². The van der Waals surface area contributed by atoms with Crippen LogP contribution < -0.4 is 16.0 Å². The molecule has 0 saturated carbocycles.